The first kappa shape index (κ1) is 33.3. The number of fused-ring (bicyclic) bond motifs is 1. The maximum absolute atomic E-state index is 13.9. The molecule has 2 aromatic carbocycles. The highest BCUT2D eigenvalue weighted by Gasteiger charge is 2.43. The highest BCUT2D eigenvalue weighted by Crippen LogP contribution is 2.37. The second kappa shape index (κ2) is 12.3. The number of carbonyl (C=O) groups is 1. The fraction of sp³-hybridized carbons (Fsp3) is 0.321. The topological polar surface area (TPSA) is 170 Å². The smallest absolute Gasteiger partial charge is 0.390 e. The average molecular weight is 674 g/mol. The number of nitrogens with one attached hydrogen (secondary N) is 1. The summed E-state index contributed by atoms with van der Waals surface area (Å²) in [7, 11) is -4.31. The lowest BCUT2D eigenvalue weighted by atomic mass is 10.0. The van der Waals surface area contributed by atoms with E-state index in [9.17, 15) is 49.8 Å². The molecule has 1 fully saturated rings. The van der Waals surface area contributed by atoms with E-state index >= 15 is 0 Å². The van der Waals surface area contributed by atoms with Gasteiger partial charge in [-0.25, -0.2) is 15.1 Å². The van der Waals surface area contributed by atoms with Crippen LogP contribution in [0.25, 0.3) is 10.9 Å². The summed E-state index contributed by atoms with van der Waals surface area (Å²) < 4.78 is 109. The van der Waals surface area contributed by atoms with Crippen LogP contribution in [-0.4, -0.2) is 63.8 Å². The Balaban J connectivity index is 1.47. The van der Waals surface area contributed by atoms with Gasteiger partial charge >= 0.3 is 22.7 Å². The van der Waals surface area contributed by atoms with Gasteiger partial charge in [-0.15, -0.1) is 0 Å². The van der Waals surface area contributed by atoms with Crippen molar-refractivity contribution in [2.45, 2.75) is 43.6 Å². The molecule has 246 valence electrons. The number of hydrogen-bond acceptors (Lipinski definition) is 9. The van der Waals surface area contributed by atoms with Crippen LogP contribution in [0.4, 0.5) is 32.2 Å². The van der Waals surface area contributed by atoms with Crippen LogP contribution in [-0.2, 0) is 33.4 Å². The Morgan fingerprint density at radius 3 is 2.30 bits per heavy atom. The lowest BCUT2D eigenvalue weighted by Crippen LogP contribution is -2.36. The number of carbonyl (C=O) groups excluding carboxylic acids is 1. The Bertz CT molecular complexity index is 1850. The third kappa shape index (κ3) is 7.15. The van der Waals surface area contributed by atoms with Crippen molar-refractivity contribution in [1.29, 1.82) is 0 Å². The predicted octanol–water partition coefficient (Wildman–Crippen LogP) is 3.49. The number of halogens is 6. The molecule has 18 heteroatoms. The van der Waals surface area contributed by atoms with Crippen molar-refractivity contribution in [2.75, 3.05) is 11.9 Å². The summed E-state index contributed by atoms with van der Waals surface area (Å²) >= 11 is 0. The lowest BCUT2D eigenvalue weighted by Gasteiger charge is -2.19. The Morgan fingerprint density at radius 1 is 1.02 bits per heavy atom. The van der Waals surface area contributed by atoms with Gasteiger partial charge in [-0.3, -0.25) is 8.98 Å². The van der Waals surface area contributed by atoms with Gasteiger partial charge in [0.15, 0.2) is 5.78 Å². The normalized spacial score (nSPS) is 20.7. The monoisotopic (exact) mass is 673 g/mol. The second-order valence-electron chi connectivity index (χ2n) is 10.7. The van der Waals surface area contributed by atoms with Crippen LogP contribution < -0.4 is 10.5 Å². The third-order valence-electron chi connectivity index (χ3n) is 7.56. The summed E-state index contributed by atoms with van der Waals surface area (Å²) in [6.45, 7) is -0.952. The van der Waals surface area contributed by atoms with Gasteiger partial charge in [0.05, 0.1) is 35.4 Å². The Kier molecular flexibility index (Phi) is 8.86. The van der Waals surface area contributed by atoms with Crippen LogP contribution in [0.15, 0.2) is 61.2 Å². The molecule has 1 saturated carbocycles. The number of para-hydroxylation sites is 1. The van der Waals surface area contributed by atoms with E-state index in [1.165, 1.54) is 17.0 Å². The highest BCUT2D eigenvalue weighted by atomic mass is 32.2. The van der Waals surface area contributed by atoms with Crippen LogP contribution in [0.3, 0.4) is 0 Å². The Hall–Kier alpha value is -4.10. The summed E-state index contributed by atoms with van der Waals surface area (Å²) in [4.78, 5) is 21.8. The number of rotatable bonds is 9. The lowest BCUT2D eigenvalue weighted by molar-refractivity contribution is -0.143. The molecule has 2 aromatic heterocycles. The van der Waals surface area contributed by atoms with E-state index in [-0.39, 0.29) is 35.0 Å². The SMILES string of the molecule is NS(=O)(=O)OC[C@H]1C[C@@H](Nc2ncncc2C(=O)c2cn(Cc3cc(C(F)(F)F)cc(C(F)(F)F)c3)c3ccccc23)[C@H](O)[C@@H]1O. The second-order valence-corrected chi connectivity index (χ2v) is 11.9. The molecular weight excluding hydrogens is 648 g/mol. The average Bonchev–Trinajstić information content (AvgIpc) is 3.47. The van der Waals surface area contributed by atoms with E-state index in [1.54, 1.807) is 24.3 Å². The zero-order chi connectivity index (χ0) is 33.6. The van der Waals surface area contributed by atoms with E-state index in [2.05, 4.69) is 19.5 Å². The first-order chi connectivity index (χ1) is 21.4. The van der Waals surface area contributed by atoms with E-state index in [0.717, 1.165) is 6.33 Å². The number of benzene rings is 2. The van der Waals surface area contributed by atoms with Crippen molar-refractivity contribution in [1.82, 2.24) is 14.5 Å². The molecule has 46 heavy (non-hydrogen) atoms. The molecule has 0 amide bonds. The molecule has 0 bridgehead atoms. The van der Waals surface area contributed by atoms with Gasteiger partial charge in [0.1, 0.15) is 18.2 Å². The van der Waals surface area contributed by atoms with Crippen molar-refractivity contribution in [3.63, 3.8) is 0 Å². The first-order valence-electron chi connectivity index (χ1n) is 13.4. The van der Waals surface area contributed by atoms with Gasteiger partial charge < -0.3 is 20.1 Å². The molecule has 0 spiro atoms. The molecule has 5 N–H and O–H groups in total. The number of aromatic nitrogens is 3. The predicted molar refractivity (Wildman–Crippen MR) is 150 cm³/mol. The summed E-state index contributed by atoms with van der Waals surface area (Å²) in [5.74, 6) is -1.58. The van der Waals surface area contributed by atoms with Gasteiger partial charge in [-0.2, -0.15) is 34.8 Å². The van der Waals surface area contributed by atoms with Crippen molar-refractivity contribution >= 4 is 32.8 Å². The molecule has 0 radical (unpaired) electrons. The maximum atomic E-state index is 13.9. The highest BCUT2D eigenvalue weighted by molar-refractivity contribution is 7.84. The minimum Gasteiger partial charge on any atom is -0.390 e. The van der Waals surface area contributed by atoms with Crippen molar-refractivity contribution in [3.05, 3.63) is 89.0 Å². The Morgan fingerprint density at radius 2 is 1.67 bits per heavy atom. The number of aliphatic hydroxyl groups excluding tert-OH is 2. The van der Waals surface area contributed by atoms with Crippen LogP contribution in [0, 0.1) is 5.92 Å². The van der Waals surface area contributed by atoms with Gasteiger partial charge in [-0.1, -0.05) is 18.2 Å². The molecule has 4 aromatic rings. The molecule has 2 heterocycles. The van der Waals surface area contributed by atoms with Crippen molar-refractivity contribution < 1.29 is 54.0 Å². The number of nitrogens with zero attached hydrogens (tertiary/aromatic N) is 3. The maximum Gasteiger partial charge on any atom is 0.416 e. The van der Waals surface area contributed by atoms with Gasteiger partial charge in [0.25, 0.3) is 0 Å². The quantitative estimate of drug-likeness (QED) is 0.154. The summed E-state index contributed by atoms with van der Waals surface area (Å²) in [5, 5.41) is 29.0. The minimum atomic E-state index is -5.04. The fourth-order valence-corrected chi connectivity index (χ4v) is 5.78. The number of nitrogens with two attached hydrogens (primary N) is 1. The number of anilines is 1. The molecule has 4 atom stereocenters. The van der Waals surface area contributed by atoms with Gasteiger partial charge in [0, 0.05) is 41.3 Å². The molecule has 1 aliphatic carbocycles. The number of hydrogen-bond donors (Lipinski definition) is 4. The number of alkyl halides is 6. The molecule has 1 aliphatic rings. The standard InChI is InChI=1S/C28H25F6N5O6S/c29-27(30,31)16-5-14(6-17(8-16)28(32,33)34)10-39-11-20(18-3-1-2-4-22(18)39)24(41)19-9-36-13-37-26(19)38-21-7-15(23(40)25(21)42)12-45-46(35,43)44/h1-6,8-9,11,13,15,21,23,25,40,42H,7,10,12H2,(H2,35,43,44)(H,36,37,38)/t15-,21-,23-,25+/m1/s1. The van der Waals surface area contributed by atoms with Crippen molar-refractivity contribution in [2.24, 2.45) is 11.1 Å². The number of aliphatic hydroxyl groups is 2. The van der Waals surface area contributed by atoms with E-state index < -0.39 is 76.9 Å². The molecule has 0 saturated heterocycles. The van der Waals surface area contributed by atoms with E-state index in [1.807, 2.05) is 0 Å². The van der Waals surface area contributed by atoms with E-state index in [4.69, 9.17) is 5.14 Å². The zero-order valence-electron chi connectivity index (χ0n) is 23.3. The summed E-state index contributed by atoms with van der Waals surface area (Å²) in [6, 6.07) is 6.61. The molecule has 5 rings (SSSR count). The Labute approximate surface area is 256 Å². The van der Waals surface area contributed by atoms with Crippen LogP contribution >= 0.6 is 0 Å². The molecule has 11 nitrogen and oxygen atoms in total. The van der Waals surface area contributed by atoms with Crippen molar-refractivity contribution in [3.8, 4) is 0 Å². The van der Waals surface area contributed by atoms with E-state index in [0.29, 0.717) is 23.0 Å². The third-order valence-corrected chi connectivity index (χ3v) is 8.03. The van der Waals surface area contributed by atoms with Crippen LogP contribution in [0.1, 0.15) is 39.0 Å². The number of ketones is 1. The minimum absolute atomic E-state index is 0.00824. The van der Waals surface area contributed by atoms with Crippen LogP contribution in [0.2, 0.25) is 0 Å². The molecular formula is C28H25F6N5O6S. The van der Waals surface area contributed by atoms with Gasteiger partial charge in [0.2, 0.25) is 0 Å². The van der Waals surface area contributed by atoms with Gasteiger partial charge in [-0.05, 0) is 36.2 Å². The fourth-order valence-electron chi connectivity index (χ4n) is 5.41. The summed E-state index contributed by atoms with van der Waals surface area (Å²) in [6.07, 6.45) is -9.35. The largest absolute Gasteiger partial charge is 0.416 e. The molecule has 0 aliphatic heterocycles. The zero-order valence-corrected chi connectivity index (χ0v) is 24.1. The van der Waals surface area contributed by atoms with Crippen LogP contribution in [0.5, 0.6) is 0 Å². The first-order valence-corrected chi connectivity index (χ1v) is 14.9. The molecule has 0 unspecified atom stereocenters. The summed E-state index contributed by atoms with van der Waals surface area (Å²) in [5.41, 5.74) is -2.98.